The summed E-state index contributed by atoms with van der Waals surface area (Å²) in [4.78, 5) is 4.35. The highest BCUT2D eigenvalue weighted by atomic mass is 16.5. The number of hydrogen-bond donors (Lipinski definition) is 1. The second-order valence-electron chi connectivity index (χ2n) is 5.05. The lowest BCUT2D eigenvalue weighted by atomic mass is 10.0. The Morgan fingerprint density at radius 3 is 2.85 bits per heavy atom. The van der Waals surface area contributed by atoms with Crippen molar-refractivity contribution in [2.45, 2.75) is 19.1 Å². The van der Waals surface area contributed by atoms with E-state index in [-0.39, 0.29) is 5.60 Å². The predicted molar refractivity (Wildman–Crippen MR) is 72.3 cm³/mol. The number of ether oxygens (including phenoxy) is 2. The van der Waals surface area contributed by atoms with Crippen molar-refractivity contribution in [1.82, 2.24) is 15.5 Å². The molecule has 0 aliphatic carbocycles. The Labute approximate surface area is 117 Å². The fraction of sp³-hybridized carbons (Fsp3) is 0.429. The third kappa shape index (κ3) is 2.52. The van der Waals surface area contributed by atoms with Crippen LogP contribution in [0.25, 0.3) is 11.4 Å². The van der Waals surface area contributed by atoms with E-state index < -0.39 is 0 Å². The number of methoxy groups -OCH3 is 1. The Bertz CT molecular complexity index is 593. The zero-order chi connectivity index (χ0) is 14.0. The maximum absolute atomic E-state index is 5.77. The molecule has 106 valence electrons. The van der Waals surface area contributed by atoms with Crippen molar-refractivity contribution in [3.05, 3.63) is 30.2 Å². The van der Waals surface area contributed by atoms with Crippen molar-refractivity contribution in [2.75, 3.05) is 20.2 Å². The molecule has 20 heavy (non-hydrogen) atoms. The van der Waals surface area contributed by atoms with Gasteiger partial charge in [-0.15, -0.1) is 0 Å². The van der Waals surface area contributed by atoms with E-state index in [1.54, 1.807) is 7.11 Å². The van der Waals surface area contributed by atoms with Crippen molar-refractivity contribution in [1.29, 1.82) is 0 Å². The Morgan fingerprint density at radius 1 is 1.35 bits per heavy atom. The molecule has 1 aromatic carbocycles. The molecule has 0 radical (unpaired) electrons. The molecule has 1 aliphatic heterocycles. The van der Waals surface area contributed by atoms with E-state index in [9.17, 15) is 0 Å². The van der Waals surface area contributed by atoms with Crippen LogP contribution in [-0.4, -0.2) is 35.9 Å². The topological polar surface area (TPSA) is 69.4 Å². The molecular formula is C14H17N3O3. The second kappa shape index (κ2) is 5.22. The Hall–Kier alpha value is -1.92. The van der Waals surface area contributed by atoms with E-state index >= 15 is 0 Å². The first-order valence-electron chi connectivity index (χ1n) is 6.51. The molecule has 1 N–H and O–H groups in total. The molecule has 3 rings (SSSR count). The highest BCUT2D eigenvalue weighted by Gasteiger charge is 2.33. The first-order valence-corrected chi connectivity index (χ1v) is 6.51. The summed E-state index contributed by atoms with van der Waals surface area (Å²) in [5.41, 5.74) is 0.681. The van der Waals surface area contributed by atoms with Crippen LogP contribution in [0.1, 0.15) is 12.8 Å². The molecule has 0 spiro atoms. The van der Waals surface area contributed by atoms with Crippen LogP contribution in [0.5, 0.6) is 5.75 Å². The van der Waals surface area contributed by atoms with Crippen LogP contribution in [0, 0.1) is 0 Å². The molecule has 1 aromatic heterocycles. The van der Waals surface area contributed by atoms with Gasteiger partial charge >= 0.3 is 0 Å². The summed E-state index contributed by atoms with van der Waals surface area (Å²) in [5, 5.41) is 7.15. The smallest absolute Gasteiger partial charge is 0.252 e. The highest BCUT2D eigenvalue weighted by Crippen LogP contribution is 2.27. The van der Waals surface area contributed by atoms with E-state index in [2.05, 4.69) is 22.4 Å². The molecule has 6 nitrogen and oxygen atoms in total. The molecule has 0 unspecified atom stereocenters. The lowest BCUT2D eigenvalue weighted by Gasteiger charge is -2.38. The zero-order valence-electron chi connectivity index (χ0n) is 11.5. The summed E-state index contributed by atoms with van der Waals surface area (Å²) < 4.78 is 16.3. The minimum atomic E-state index is -0.126. The van der Waals surface area contributed by atoms with E-state index in [0.29, 0.717) is 18.3 Å². The maximum Gasteiger partial charge on any atom is 0.252 e. The Kier molecular flexibility index (Phi) is 3.42. The molecule has 2 aromatic rings. The number of benzene rings is 1. The van der Waals surface area contributed by atoms with Crippen LogP contribution in [0.15, 0.2) is 28.8 Å². The predicted octanol–water partition coefficient (Wildman–Crippen LogP) is 1.62. The van der Waals surface area contributed by atoms with Gasteiger partial charge in [-0.05, 0) is 19.1 Å². The van der Waals surface area contributed by atoms with Gasteiger partial charge in [0.05, 0.1) is 18.3 Å². The van der Waals surface area contributed by atoms with Crippen LogP contribution >= 0.6 is 0 Å². The standard InChI is InChI=1S/C14H17N3O3/c1-14(8-15-9-14)19-7-12-16-13(17-20-12)10-5-3-4-6-11(10)18-2/h3-6,15H,7-9H2,1-2H3. The molecule has 1 fully saturated rings. The lowest BCUT2D eigenvalue weighted by Crippen LogP contribution is -2.58. The van der Waals surface area contributed by atoms with Crippen LogP contribution < -0.4 is 10.1 Å². The number of nitrogens with zero attached hydrogens (tertiary/aromatic N) is 2. The van der Waals surface area contributed by atoms with Gasteiger partial charge in [0.25, 0.3) is 5.89 Å². The Balaban J connectivity index is 1.73. The van der Waals surface area contributed by atoms with E-state index in [0.717, 1.165) is 24.4 Å². The van der Waals surface area contributed by atoms with Gasteiger partial charge in [0.15, 0.2) is 0 Å². The summed E-state index contributed by atoms with van der Waals surface area (Å²) in [6.07, 6.45) is 0. The number of hydrogen-bond acceptors (Lipinski definition) is 6. The molecule has 1 aliphatic rings. The van der Waals surface area contributed by atoms with Crippen molar-refractivity contribution in [2.24, 2.45) is 0 Å². The van der Waals surface area contributed by atoms with Crippen LogP contribution in [0.2, 0.25) is 0 Å². The number of rotatable bonds is 5. The molecule has 0 saturated carbocycles. The van der Waals surface area contributed by atoms with Gasteiger partial charge in [0.1, 0.15) is 12.4 Å². The van der Waals surface area contributed by atoms with Crippen molar-refractivity contribution < 1.29 is 14.0 Å². The summed E-state index contributed by atoms with van der Waals surface area (Å²) in [5.74, 6) is 1.70. The van der Waals surface area contributed by atoms with Crippen LogP contribution in [0.3, 0.4) is 0 Å². The van der Waals surface area contributed by atoms with Crippen LogP contribution in [-0.2, 0) is 11.3 Å². The number of aromatic nitrogens is 2. The monoisotopic (exact) mass is 275 g/mol. The fourth-order valence-corrected chi connectivity index (χ4v) is 2.07. The van der Waals surface area contributed by atoms with Gasteiger partial charge in [-0.25, -0.2) is 0 Å². The molecule has 1 saturated heterocycles. The normalized spacial score (nSPS) is 16.7. The van der Waals surface area contributed by atoms with Gasteiger partial charge in [0.2, 0.25) is 5.82 Å². The zero-order valence-corrected chi connectivity index (χ0v) is 11.5. The van der Waals surface area contributed by atoms with E-state index in [4.69, 9.17) is 14.0 Å². The van der Waals surface area contributed by atoms with Crippen LogP contribution in [0.4, 0.5) is 0 Å². The summed E-state index contributed by atoms with van der Waals surface area (Å²) in [6.45, 7) is 4.07. The first kappa shape index (κ1) is 13.1. The van der Waals surface area contributed by atoms with Crippen molar-refractivity contribution in [3.63, 3.8) is 0 Å². The number of nitrogens with one attached hydrogen (secondary N) is 1. The molecule has 0 amide bonds. The average Bonchev–Trinajstić information content (AvgIpc) is 2.92. The minimum Gasteiger partial charge on any atom is -0.496 e. The van der Waals surface area contributed by atoms with Crippen molar-refractivity contribution >= 4 is 0 Å². The summed E-state index contributed by atoms with van der Waals surface area (Å²) >= 11 is 0. The summed E-state index contributed by atoms with van der Waals surface area (Å²) in [6, 6.07) is 7.57. The lowest BCUT2D eigenvalue weighted by molar-refractivity contribution is -0.0841. The number of para-hydroxylation sites is 1. The molecular weight excluding hydrogens is 258 g/mol. The Morgan fingerprint density at radius 2 is 2.15 bits per heavy atom. The highest BCUT2D eigenvalue weighted by molar-refractivity contribution is 5.63. The van der Waals surface area contributed by atoms with Gasteiger partial charge < -0.3 is 19.3 Å². The van der Waals surface area contributed by atoms with Gasteiger partial charge in [0, 0.05) is 13.1 Å². The molecule has 0 atom stereocenters. The average molecular weight is 275 g/mol. The first-order chi connectivity index (χ1) is 9.70. The molecule has 2 heterocycles. The van der Waals surface area contributed by atoms with Crippen molar-refractivity contribution in [3.8, 4) is 17.1 Å². The van der Waals surface area contributed by atoms with Gasteiger partial charge in [-0.3, -0.25) is 0 Å². The quantitative estimate of drug-likeness (QED) is 0.894. The van der Waals surface area contributed by atoms with E-state index in [1.807, 2.05) is 24.3 Å². The maximum atomic E-state index is 5.77. The summed E-state index contributed by atoms with van der Waals surface area (Å²) in [7, 11) is 1.62. The molecule has 0 bridgehead atoms. The van der Waals surface area contributed by atoms with E-state index in [1.165, 1.54) is 0 Å². The van der Waals surface area contributed by atoms with Gasteiger partial charge in [-0.1, -0.05) is 17.3 Å². The minimum absolute atomic E-state index is 0.126. The SMILES string of the molecule is COc1ccccc1-c1noc(COC2(C)CNC2)n1. The molecule has 6 heteroatoms. The fourth-order valence-electron chi connectivity index (χ4n) is 2.07. The third-order valence-corrected chi connectivity index (χ3v) is 3.36. The largest absolute Gasteiger partial charge is 0.496 e. The second-order valence-corrected chi connectivity index (χ2v) is 5.05. The third-order valence-electron chi connectivity index (χ3n) is 3.36. The van der Waals surface area contributed by atoms with Gasteiger partial charge in [-0.2, -0.15) is 4.98 Å².